The van der Waals surface area contributed by atoms with Crippen LogP contribution in [0.25, 0.3) is 0 Å². The van der Waals surface area contributed by atoms with Gasteiger partial charge in [0.1, 0.15) is 5.75 Å². The fourth-order valence-corrected chi connectivity index (χ4v) is 3.17. The van der Waals surface area contributed by atoms with Gasteiger partial charge < -0.3 is 15.4 Å². The minimum atomic E-state index is -0.305. The Kier molecular flexibility index (Phi) is 5.55. The largest absolute Gasteiger partial charge is 0.492 e. The number of ether oxygens (including phenoxy) is 1. The summed E-state index contributed by atoms with van der Waals surface area (Å²) in [5.74, 6) is 0.229. The molecule has 0 atom stereocenters. The van der Waals surface area contributed by atoms with Gasteiger partial charge in [0.25, 0.3) is 5.91 Å². The van der Waals surface area contributed by atoms with Crippen molar-refractivity contribution in [2.75, 3.05) is 25.0 Å². The number of aromatic nitrogens is 3. The van der Waals surface area contributed by atoms with Gasteiger partial charge >= 0.3 is 0 Å². The number of hydrogen-bond acceptors (Lipinski definition) is 5. The van der Waals surface area contributed by atoms with Gasteiger partial charge in [-0.2, -0.15) is 0 Å². The molecule has 1 aliphatic rings. The fraction of sp³-hybridized carbons (Fsp3) is 0.471. The standard InChI is InChI=1S/C17H22ClN5O2/c1-3-25-15-10-12(18)4-5-14(15)20-17(24)16-11(2)23(22-21-16)13-6-8-19-9-7-13/h4-5,10,13,19H,3,6-9H2,1-2H3,(H,20,24). The van der Waals surface area contributed by atoms with Crippen LogP contribution < -0.4 is 15.4 Å². The molecule has 8 heteroatoms. The van der Waals surface area contributed by atoms with Crippen molar-refractivity contribution in [3.05, 3.63) is 34.6 Å². The summed E-state index contributed by atoms with van der Waals surface area (Å²) in [4.78, 5) is 12.6. The van der Waals surface area contributed by atoms with Crippen molar-refractivity contribution in [3.63, 3.8) is 0 Å². The minimum absolute atomic E-state index is 0.282. The predicted octanol–water partition coefficient (Wildman–Crippen LogP) is 2.82. The minimum Gasteiger partial charge on any atom is -0.492 e. The lowest BCUT2D eigenvalue weighted by molar-refractivity contribution is 0.102. The summed E-state index contributed by atoms with van der Waals surface area (Å²) in [6.45, 7) is 6.14. The molecule has 0 bridgehead atoms. The molecule has 1 aromatic carbocycles. The van der Waals surface area contributed by atoms with Gasteiger partial charge in [-0.15, -0.1) is 5.10 Å². The van der Waals surface area contributed by atoms with Crippen LogP contribution in [0.5, 0.6) is 5.75 Å². The topological polar surface area (TPSA) is 81.1 Å². The molecular weight excluding hydrogens is 342 g/mol. The molecule has 0 radical (unpaired) electrons. The summed E-state index contributed by atoms with van der Waals surface area (Å²) in [6.07, 6.45) is 1.97. The zero-order valence-corrected chi connectivity index (χ0v) is 15.1. The molecule has 0 spiro atoms. The number of carbonyl (C=O) groups excluding carboxylic acids is 1. The van der Waals surface area contributed by atoms with Crippen molar-refractivity contribution < 1.29 is 9.53 Å². The van der Waals surface area contributed by atoms with E-state index in [1.165, 1.54) is 0 Å². The van der Waals surface area contributed by atoms with Crippen molar-refractivity contribution >= 4 is 23.2 Å². The number of amides is 1. The Morgan fingerprint density at radius 2 is 2.20 bits per heavy atom. The maximum absolute atomic E-state index is 12.6. The van der Waals surface area contributed by atoms with Crippen molar-refractivity contribution in [2.24, 2.45) is 0 Å². The predicted molar refractivity (Wildman–Crippen MR) is 96.5 cm³/mol. The number of nitrogens with zero attached hydrogens (tertiary/aromatic N) is 3. The first-order chi connectivity index (χ1) is 12.1. The molecule has 2 heterocycles. The average Bonchev–Trinajstić information content (AvgIpc) is 3.00. The summed E-state index contributed by atoms with van der Waals surface area (Å²) in [7, 11) is 0. The highest BCUT2D eigenvalue weighted by Gasteiger charge is 2.23. The van der Waals surface area contributed by atoms with E-state index in [0.29, 0.717) is 28.8 Å². The van der Waals surface area contributed by atoms with Crippen LogP contribution in [0.15, 0.2) is 18.2 Å². The Morgan fingerprint density at radius 3 is 2.92 bits per heavy atom. The number of anilines is 1. The Morgan fingerprint density at radius 1 is 1.44 bits per heavy atom. The zero-order chi connectivity index (χ0) is 17.8. The third-order valence-electron chi connectivity index (χ3n) is 4.29. The molecule has 0 aliphatic carbocycles. The van der Waals surface area contributed by atoms with E-state index < -0.39 is 0 Å². The normalized spacial score (nSPS) is 15.2. The Balaban J connectivity index is 1.79. The molecule has 0 unspecified atom stereocenters. The van der Waals surface area contributed by atoms with Crippen molar-refractivity contribution in [2.45, 2.75) is 32.7 Å². The highest BCUT2D eigenvalue weighted by molar-refractivity contribution is 6.30. The third-order valence-corrected chi connectivity index (χ3v) is 4.52. The number of benzene rings is 1. The zero-order valence-electron chi connectivity index (χ0n) is 14.4. The van der Waals surface area contributed by atoms with Gasteiger partial charge in [-0.25, -0.2) is 4.68 Å². The molecule has 0 saturated carbocycles. The molecule has 1 amide bonds. The van der Waals surface area contributed by atoms with E-state index >= 15 is 0 Å². The second kappa shape index (κ2) is 7.84. The molecule has 1 aromatic heterocycles. The molecule has 2 N–H and O–H groups in total. The van der Waals surface area contributed by atoms with Crippen LogP contribution in [0.3, 0.4) is 0 Å². The number of halogens is 1. The first-order valence-corrected chi connectivity index (χ1v) is 8.84. The lowest BCUT2D eigenvalue weighted by Crippen LogP contribution is -2.30. The molecule has 1 fully saturated rings. The van der Waals surface area contributed by atoms with E-state index in [4.69, 9.17) is 16.3 Å². The lowest BCUT2D eigenvalue weighted by Gasteiger charge is -2.23. The van der Waals surface area contributed by atoms with Gasteiger partial charge in [0.05, 0.1) is 24.0 Å². The van der Waals surface area contributed by atoms with Gasteiger partial charge in [-0.05, 0) is 51.9 Å². The maximum atomic E-state index is 12.6. The first kappa shape index (κ1) is 17.7. The van der Waals surface area contributed by atoms with Gasteiger partial charge in [0.2, 0.25) is 0 Å². The van der Waals surface area contributed by atoms with Gasteiger partial charge in [0.15, 0.2) is 5.69 Å². The van der Waals surface area contributed by atoms with Crippen LogP contribution >= 0.6 is 11.6 Å². The smallest absolute Gasteiger partial charge is 0.278 e. The van der Waals surface area contributed by atoms with Crippen LogP contribution in [0, 0.1) is 6.92 Å². The monoisotopic (exact) mass is 363 g/mol. The van der Waals surface area contributed by atoms with Crippen LogP contribution in [0.2, 0.25) is 5.02 Å². The molecule has 25 heavy (non-hydrogen) atoms. The number of hydrogen-bond donors (Lipinski definition) is 2. The Bertz CT molecular complexity index is 755. The van der Waals surface area contributed by atoms with Gasteiger partial charge in [0, 0.05) is 11.1 Å². The molecule has 3 rings (SSSR count). The maximum Gasteiger partial charge on any atom is 0.278 e. The Labute approximate surface area is 151 Å². The van der Waals surface area contributed by atoms with Crippen LogP contribution in [-0.4, -0.2) is 40.6 Å². The molecule has 1 aliphatic heterocycles. The lowest BCUT2D eigenvalue weighted by atomic mass is 10.1. The van der Waals surface area contributed by atoms with E-state index in [-0.39, 0.29) is 11.9 Å². The average molecular weight is 364 g/mol. The van der Waals surface area contributed by atoms with E-state index in [1.54, 1.807) is 18.2 Å². The first-order valence-electron chi connectivity index (χ1n) is 8.46. The number of piperidine rings is 1. The molecule has 2 aromatic rings. The summed E-state index contributed by atoms with van der Waals surface area (Å²) < 4.78 is 7.40. The number of carbonyl (C=O) groups is 1. The second-order valence-corrected chi connectivity index (χ2v) is 6.41. The molecular formula is C17H22ClN5O2. The van der Waals surface area contributed by atoms with E-state index in [0.717, 1.165) is 31.6 Å². The van der Waals surface area contributed by atoms with Crippen molar-refractivity contribution in [1.82, 2.24) is 20.3 Å². The van der Waals surface area contributed by atoms with Crippen molar-refractivity contribution in [3.8, 4) is 5.75 Å². The highest BCUT2D eigenvalue weighted by atomic mass is 35.5. The third kappa shape index (κ3) is 3.93. The SMILES string of the molecule is CCOc1cc(Cl)ccc1NC(=O)c1nnn(C2CCNCC2)c1C. The van der Waals surface area contributed by atoms with Gasteiger partial charge in [-0.3, -0.25) is 4.79 Å². The quantitative estimate of drug-likeness (QED) is 0.853. The van der Waals surface area contributed by atoms with E-state index in [9.17, 15) is 4.79 Å². The summed E-state index contributed by atoms with van der Waals surface area (Å²) in [6, 6.07) is 5.39. The van der Waals surface area contributed by atoms with E-state index in [1.807, 2.05) is 18.5 Å². The van der Waals surface area contributed by atoms with Gasteiger partial charge in [-0.1, -0.05) is 16.8 Å². The van der Waals surface area contributed by atoms with Crippen LogP contribution in [0.1, 0.15) is 42.0 Å². The summed E-state index contributed by atoms with van der Waals surface area (Å²) in [5.41, 5.74) is 1.67. The number of nitrogens with one attached hydrogen (secondary N) is 2. The fourth-order valence-electron chi connectivity index (χ4n) is 3.00. The molecule has 1 saturated heterocycles. The van der Waals surface area contributed by atoms with Crippen LogP contribution in [-0.2, 0) is 0 Å². The molecule has 134 valence electrons. The Hall–Kier alpha value is -2.12. The number of rotatable bonds is 5. The highest BCUT2D eigenvalue weighted by Crippen LogP contribution is 2.29. The second-order valence-electron chi connectivity index (χ2n) is 5.98. The summed E-state index contributed by atoms with van der Waals surface area (Å²) in [5, 5.41) is 15.0. The summed E-state index contributed by atoms with van der Waals surface area (Å²) >= 11 is 6.00. The molecule has 7 nitrogen and oxygen atoms in total. The van der Waals surface area contributed by atoms with Crippen molar-refractivity contribution in [1.29, 1.82) is 0 Å². The van der Waals surface area contributed by atoms with Crippen LogP contribution in [0.4, 0.5) is 5.69 Å². The van der Waals surface area contributed by atoms with E-state index in [2.05, 4.69) is 20.9 Å².